The average Bonchev–Trinajstić information content (AvgIpc) is 3.90. The van der Waals surface area contributed by atoms with E-state index in [1.807, 2.05) is 35.6 Å². The molecule has 11 rings (SSSR count). The summed E-state index contributed by atoms with van der Waals surface area (Å²) in [7, 11) is 0. The molecule has 0 fully saturated rings. The third kappa shape index (κ3) is 4.43. The molecule has 0 saturated heterocycles. The van der Waals surface area contributed by atoms with Crippen molar-refractivity contribution < 1.29 is 4.42 Å². The van der Waals surface area contributed by atoms with Gasteiger partial charge < -0.3 is 13.9 Å². The van der Waals surface area contributed by atoms with Crippen molar-refractivity contribution in [3.63, 3.8) is 0 Å². The molecule has 3 aromatic heterocycles. The zero-order valence-corrected chi connectivity index (χ0v) is 28.7. The number of thiophene rings is 1. The third-order valence-corrected chi connectivity index (χ3v) is 11.4. The first-order valence-electron chi connectivity index (χ1n) is 17.5. The van der Waals surface area contributed by atoms with Gasteiger partial charge in [-0.05, 0) is 89.6 Å². The summed E-state index contributed by atoms with van der Waals surface area (Å²) in [6.45, 7) is 0. The van der Waals surface area contributed by atoms with Gasteiger partial charge in [0.2, 0.25) is 5.89 Å². The van der Waals surface area contributed by atoms with Crippen LogP contribution in [0.15, 0.2) is 180 Å². The van der Waals surface area contributed by atoms with Crippen LogP contribution >= 0.6 is 11.3 Å². The van der Waals surface area contributed by atoms with E-state index in [2.05, 4.69) is 161 Å². The molecule has 244 valence electrons. The minimum atomic E-state index is 0.623. The maximum Gasteiger partial charge on any atom is 0.228 e. The van der Waals surface area contributed by atoms with E-state index in [0.717, 1.165) is 61.2 Å². The summed E-state index contributed by atoms with van der Waals surface area (Å²) in [4.78, 5) is 7.30. The van der Waals surface area contributed by atoms with Crippen molar-refractivity contribution in [3.05, 3.63) is 176 Å². The van der Waals surface area contributed by atoms with E-state index >= 15 is 0 Å². The van der Waals surface area contributed by atoms with Crippen LogP contribution in [0.1, 0.15) is 0 Å². The minimum Gasteiger partial charge on any atom is -0.436 e. The van der Waals surface area contributed by atoms with Gasteiger partial charge in [0.15, 0.2) is 5.58 Å². The van der Waals surface area contributed by atoms with Crippen LogP contribution in [0.2, 0.25) is 0 Å². The average molecular weight is 684 g/mol. The topological polar surface area (TPSA) is 34.2 Å². The zero-order valence-electron chi connectivity index (χ0n) is 27.9. The minimum absolute atomic E-state index is 0.623. The van der Waals surface area contributed by atoms with Gasteiger partial charge in [0, 0.05) is 59.3 Å². The van der Waals surface area contributed by atoms with Crippen molar-refractivity contribution in [2.75, 3.05) is 4.90 Å². The Morgan fingerprint density at radius 2 is 1.27 bits per heavy atom. The van der Waals surface area contributed by atoms with E-state index in [0.29, 0.717) is 5.89 Å². The fourth-order valence-corrected chi connectivity index (χ4v) is 9.09. The number of rotatable bonds is 5. The number of anilines is 3. The van der Waals surface area contributed by atoms with Crippen molar-refractivity contribution in [1.82, 2.24) is 9.55 Å². The highest BCUT2D eigenvalue weighted by Crippen LogP contribution is 2.45. The van der Waals surface area contributed by atoms with Crippen molar-refractivity contribution in [2.24, 2.45) is 0 Å². The van der Waals surface area contributed by atoms with E-state index in [1.165, 1.54) is 30.9 Å². The molecule has 0 atom stereocenters. The second-order valence-electron chi connectivity index (χ2n) is 13.2. The van der Waals surface area contributed by atoms with Crippen LogP contribution in [-0.4, -0.2) is 9.55 Å². The third-order valence-electron chi connectivity index (χ3n) is 10.2. The Morgan fingerprint density at radius 3 is 2.15 bits per heavy atom. The van der Waals surface area contributed by atoms with Gasteiger partial charge in [0.1, 0.15) is 5.52 Å². The Morgan fingerprint density at radius 1 is 0.519 bits per heavy atom. The number of hydrogen-bond acceptors (Lipinski definition) is 4. The Kier molecular flexibility index (Phi) is 6.39. The summed E-state index contributed by atoms with van der Waals surface area (Å²) in [5, 5.41) is 7.39. The molecule has 0 radical (unpaired) electrons. The van der Waals surface area contributed by atoms with Crippen LogP contribution in [0.25, 0.3) is 81.0 Å². The summed E-state index contributed by atoms with van der Waals surface area (Å²) in [6, 6.07) is 62.6. The van der Waals surface area contributed by atoms with Crippen LogP contribution in [0.4, 0.5) is 17.1 Å². The number of fused-ring (bicyclic) bond motifs is 9. The highest BCUT2D eigenvalue weighted by molar-refractivity contribution is 7.26. The van der Waals surface area contributed by atoms with E-state index in [-0.39, 0.29) is 0 Å². The smallest absolute Gasteiger partial charge is 0.228 e. The first-order chi connectivity index (χ1) is 25.8. The van der Waals surface area contributed by atoms with Gasteiger partial charge in [-0.15, -0.1) is 11.3 Å². The fourth-order valence-electron chi connectivity index (χ4n) is 7.87. The number of benzene rings is 8. The van der Waals surface area contributed by atoms with E-state index < -0.39 is 0 Å². The predicted molar refractivity (Wildman–Crippen MR) is 219 cm³/mol. The van der Waals surface area contributed by atoms with Gasteiger partial charge in [-0.25, -0.2) is 4.98 Å². The van der Waals surface area contributed by atoms with Crippen LogP contribution in [0.5, 0.6) is 0 Å². The summed E-state index contributed by atoms with van der Waals surface area (Å²) in [6.07, 6.45) is 0. The van der Waals surface area contributed by atoms with Gasteiger partial charge in [-0.3, -0.25) is 0 Å². The Hall–Kier alpha value is -6.69. The second-order valence-corrected chi connectivity index (χ2v) is 14.2. The van der Waals surface area contributed by atoms with E-state index in [1.54, 1.807) is 0 Å². The number of hydrogen-bond donors (Lipinski definition) is 0. The van der Waals surface area contributed by atoms with Gasteiger partial charge in [0.25, 0.3) is 0 Å². The van der Waals surface area contributed by atoms with Gasteiger partial charge in [-0.2, -0.15) is 0 Å². The lowest BCUT2D eigenvalue weighted by Gasteiger charge is -2.26. The summed E-state index contributed by atoms with van der Waals surface area (Å²) in [5.41, 5.74) is 9.20. The normalized spacial score (nSPS) is 11.8. The molecule has 0 aliphatic rings. The quantitative estimate of drug-likeness (QED) is 0.181. The van der Waals surface area contributed by atoms with Gasteiger partial charge >= 0.3 is 0 Å². The highest BCUT2D eigenvalue weighted by atomic mass is 32.1. The Bertz CT molecular complexity index is 3110. The molecule has 0 spiro atoms. The molecule has 0 aliphatic carbocycles. The molecule has 5 heteroatoms. The fraction of sp³-hybridized carbons (Fsp3) is 0. The van der Waals surface area contributed by atoms with Crippen molar-refractivity contribution in [1.29, 1.82) is 0 Å². The standard InChI is InChI=1S/C47H29N3OS/c1-3-13-31(14-4-1)49(33-24-27-44-39(28-33)36-25-22-30-12-7-8-17-35(30)46(36)52-44)34-23-26-37-42(29-34)50(32-15-5-2-6-16-32)41-20-11-18-38(45(37)41)47-48-40-19-9-10-21-43(40)51-47/h1-29H. The van der Waals surface area contributed by atoms with Crippen molar-refractivity contribution in [2.45, 2.75) is 0 Å². The SMILES string of the molecule is c1ccc(N(c2ccc3sc4c5ccccc5ccc4c3c2)c2ccc3c4c(-c5nc6ccccc6o5)cccc4n(-c4ccccc4)c3c2)cc1. The number of oxazole rings is 1. The summed E-state index contributed by atoms with van der Waals surface area (Å²) in [5.74, 6) is 0.623. The molecule has 4 nitrogen and oxygen atoms in total. The molecule has 52 heavy (non-hydrogen) atoms. The maximum atomic E-state index is 6.36. The van der Waals surface area contributed by atoms with Crippen molar-refractivity contribution >= 4 is 92.2 Å². The number of para-hydroxylation sites is 4. The largest absolute Gasteiger partial charge is 0.436 e. The molecule has 0 amide bonds. The van der Waals surface area contributed by atoms with Crippen LogP contribution in [-0.2, 0) is 0 Å². The maximum absolute atomic E-state index is 6.36. The van der Waals surface area contributed by atoms with E-state index in [9.17, 15) is 0 Å². The van der Waals surface area contributed by atoms with Crippen molar-refractivity contribution in [3.8, 4) is 17.1 Å². The lowest BCUT2D eigenvalue weighted by molar-refractivity contribution is 0.620. The zero-order chi connectivity index (χ0) is 34.2. The molecular weight excluding hydrogens is 655 g/mol. The molecule has 0 aliphatic heterocycles. The molecule has 0 saturated carbocycles. The molecule has 0 unspecified atom stereocenters. The lowest BCUT2D eigenvalue weighted by Crippen LogP contribution is -2.09. The van der Waals surface area contributed by atoms with Gasteiger partial charge in [0.05, 0.1) is 11.0 Å². The van der Waals surface area contributed by atoms with E-state index in [4.69, 9.17) is 9.40 Å². The second kappa shape index (κ2) is 11.4. The molecule has 8 aromatic carbocycles. The molecule has 11 aromatic rings. The van der Waals surface area contributed by atoms with Crippen LogP contribution in [0, 0.1) is 0 Å². The van der Waals surface area contributed by atoms with Crippen LogP contribution < -0.4 is 4.90 Å². The Labute approximate surface area is 303 Å². The van der Waals surface area contributed by atoms with Gasteiger partial charge in [-0.1, -0.05) is 97.1 Å². The highest BCUT2D eigenvalue weighted by Gasteiger charge is 2.22. The van der Waals surface area contributed by atoms with Crippen LogP contribution in [0.3, 0.4) is 0 Å². The monoisotopic (exact) mass is 683 g/mol. The number of aromatic nitrogens is 2. The molecule has 3 heterocycles. The number of nitrogens with zero attached hydrogens (tertiary/aromatic N) is 3. The molecular formula is C47H29N3OS. The summed E-state index contributed by atoms with van der Waals surface area (Å²) >= 11 is 1.87. The molecule has 0 N–H and O–H groups in total. The first kappa shape index (κ1) is 29.1. The Balaban J connectivity index is 1.16. The predicted octanol–water partition coefficient (Wildman–Crippen LogP) is 13.6. The summed E-state index contributed by atoms with van der Waals surface area (Å²) < 4.78 is 11.3. The molecule has 0 bridgehead atoms. The first-order valence-corrected chi connectivity index (χ1v) is 18.3. The lowest BCUT2D eigenvalue weighted by atomic mass is 10.0.